The summed E-state index contributed by atoms with van der Waals surface area (Å²) in [7, 11) is 0. The molecule has 1 spiro atoms. The normalized spacial score (nSPS) is 25.2. The number of hydrogen-bond acceptors (Lipinski definition) is 16. The number of amides is 3. The molecule has 5 aliphatic rings. The van der Waals surface area contributed by atoms with E-state index in [1.165, 1.54) is 69.5 Å². The molecular weight excluding hydrogens is 1090 g/mol. The van der Waals surface area contributed by atoms with E-state index >= 15 is 4.39 Å². The average Bonchev–Trinajstić information content (AvgIpc) is 1.92. The van der Waals surface area contributed by atoms with Gasteiger partial charge < -0.3 is 60.6 Å². The molecular formula is C63H68F2N6O13. The zero-order valence-electron chi connectivity index (χ0n) is 47.7. The summed E-state index contributed by atoms with van der Waals surface area (Å²) in [5.74, 6) is -13.4. The highest BCUT2D eigenvalue weighted by Crippen LogP contribution is 2.51. The van der Waals surface area contributed by atoms with Crippen LogP contribution in [0.15, 0.2) is 119 Å². The van der Waals surface area contributed by atoms with Crippen molar-refractivity contribution in [3.8, 4) is 17.2 Å². The number of benzene rings is 5. The summed E-state index contributed by atoms with van der Waals surface area (Å²) in [5, 5.41) is 66.9. The highest BCUT2D eigenvalue weighted by molar-refractivity contribution is 6.22. The lowest BCUT2D eigenvalue weighted by Crippen LogP contribution is -2.57. The first kappa shape index (κ1) is 60.1. The maximum Gasteiger partial charge on any atom is 0.312 e. The maximum atomic E-state index is 15.3. The molecule has 5 bridgehead atoms. The number of rotatable bonds is 8. The van der Waals surface area contributed by atoms with E-state index in [2.05, 4.69) is 20.9 Å². The molecule has 5 heterocycles. The molecule has 21 heteroatoms. The van der Waals surface area contributed by atoms with Crippen LogP contribution in [0.4, 0.5) is 25.8 Å². The lowest BCUT2D eigenvalue weighted by molar-refractivity contribution is -0.191. The lowest BCUT2D eigenvalue weighted by Gasteiger charge is -2.40. The van der Waals surface area contributed by atoms with Gasteiger partial charge in [0.05, 0.1) is 45.9 Å². The van der Waals surface area contributed by atoms with Gasteiger partial charge in [-0.1, -0.05) is 88.4 Å². The summed E-state index contributed by atoms with van der Waals surface area (Å²) in [6.45, 7) is 13.6. The van der Waals surface area contributed by atoms with Crippen LogP contribution in [-0.2, 0) is 29.6 Å². The van der Waals surface area contributed by atoms with E-state index in [4.69, 9.17) is 19.2 Å². The van der Waals surface area contributed by atoms with Gasteiger partial charge in [0.25, 0.3) is 23.5 Å². The predicted molar refractivity (Wildman–Crippen MR) is 306 cm³/mol. The molecule has 10 rings (SSSR count). The van der Waals surface area contributed by atoms with E-state index in [1.54, 1.807) is 36.1 Å². The van der Waals surface area contributed by atoms with Crippen molar-refractivity contribution in [1.82, 2.24) is 5.32 Å². The Bertz CT molecular complexity index is 3690. The first-order valence-electron chi connectivity index (χ1n) is 27.8. The van der Waals surface area contributed by atoms with Crippen LogP contribution in [0.3, 0.4) is 0 Å². The molecule has 19 nitrogen and oxygen atoms in total. The average molecular weight is 1160 g/mol. The van der Waals surface area contributed by atoms with Gasteiger partial charge in [0.1, 0.15) is 45.6 Å². The minimum atomic E-state index is -3.08. The topological polar surface area (TPSA) is 278 Å². The number of ether oxygens (including phenoxy) is 3. The van der Waals surface area contributed by atoms with Gasteiger partial charge >= 0.3 is 11.8 Å². The van der Waals surface area contributed by atoms with E-state index in [1.807, 2.05) is 33.8 Å². The number of carbonyl (C=O) groups excluding carboxylic acids is 5. The quantitative estimate of drug-likeness (QED) is 0.0423. The summed E-state index contributed by atoms with van der Waals surface area (Å²) in [5.41, 5.74) is -1.49. The number of allylic oxidation sites excluding steroid dienone is 4. The molecule has 8 N–H and O–H groups in total. The fraction of sp³-hybridized carbons (Fsp3) is 0.381. The molecule has 8 atom stereocenters. The molecule has 84 heavy (non-hydrogen) atoms. The van der Waals surface area contributed by atoms with Crippen LogP contribution in [0.1, 0.15) is 106 Å². The molecule has 0 radical (unpaired) electrons. The number of halogens is 2. The molecule has 5 aliphatic heterocycles. The number of fused-ring (bicyclic) bond motifs is 13. The third-order valence-corrected chi connectivity index (χ3v) is 16.3. The largest absolute Gasteiger partial charge is 0.507 e. The Balaban J connectivity index is 1.08. The molecule has 0 aromatic heterocycles. The van der Waals surface area contributed by atoms with Gasteiger partial charge in [-0.25, -0.2) is 13.8 Å². The minimum absolute atomic E-state index is 0.00731. The van der Waals surface area contributed by atoms with Gasteiger partial charge in [-0.15, -0.1) is 0 Å². The molecule has 1 fully saturated rings. The third kappa shape index (κ3) is 11.6. The van der Waals surface area contributed by atoms with E-state index in [9.17, 15) is 53.9 Å². The number of esters is 1. The summed E-state index contributed by atoms with van der Waals surface area (Å²) in [4.78, 5) is 80.7. The van der Waals surface area contributed by atoms with Crippen molar-refractivity contribution in [3.63, 3.8) is 0 Å². The minimum Gasteiger partial charge on any atom is -0.507 e. The van der Waals surface area contributed by atoms with Crippen LogP contribution < -0.4 is 36.3 Å². The van der Waals surface area contributed by atoms with E-state index < -0.39 is 99.6 Å². The number of anilines is 3. The van der Waals surface area contributed by atoms with E-state index in [0.29, 0.717) is 12.8 Å². The van der Waals surface area contributed by atoms with Crippen LogP contribution in [0.25, 0.3) is 10.8 Å². The van der Waals surface area contributed by atoms with Crippen molar-refractivity contribution < 1.29 is 72.5 Å². The number of piperidine rings is 1. The zero-order valence-corrected chi connectivity index (χ0v) is 47.7. The molecule has 5 aromatic rings. The summed E-state index contributed by atoms with van der Waals surface area (Å²) in [6.07, 6.45) is 7.65. The standard InChI is InChI=1S/C63H68F2N6O13/c1-32-16-14-17-34(3)58(77)67-50-49-48(45-46(53(50)75)52(74)37(6)55-47(45)57(76)61(8,84-55)82-29-15-18-33(2)54(83-38(7)72)36(5)51(73)35(4)30-32)69-62(70-49)25-27-71(28-26-62)44-24-23-40(64)31-43(44)66-60(79)56(63(80,81)39-19-10-9-11-20-39)68-59(78)41-21-12-13-22-42(41)65/h9-17,19-24,29,31-33,35-36,51,54,56,69,73-75,80-81H,18,25-28,30H2,1-8H3,(H,66,79)(H,68,78)/b16-14+,29-15+,34-17-,67-50?/t32?,33-,35-,36?,51?,54?,56?,61-/m1/s1. The van der Waals surface area contributed by atoms with Crippen molar-refractivity contribution in [2.75, 3.05) is 28.6 Å². The van der Waals surface area contributed by atoms with Crippen LogP contribution in [0, 0.1) is 42.2 Å². The lowest BCUT2D eigenvalue weighted by atomic mass is 9.80. The van der Waals surface area contributed by atoms with Gasteiger partial charge in [0.2, 0.25) is 5.79 Å². The number of aromatic hydroxyl groups is 2. The first-order valence-corrected chi connectivity index (χ1v) is 27.8. The van der Waals surface area contributed by atoms with Gasteiger partial charge in [-0.05, 0) is 80.9 Å². The number of Topliss-reactive ketones (excluding diaryl/α,β-unsaturated/α-hetero) is 1. The molecule has 0 saturated carbocycles. The molecule has 442 valence electrons. The van der Waals surface area contributed by atoms with Crippen LogP contribution in [0.2, 0.25) is 0 Å². The Hall–Kier alpha value is -8.53. The number of phenolic OH excluding ortho intramolecular Hbond substituents is 2. The number of carbonyl (C=O) groups is 5. The first-order chi connectivity index (χ1) is 39.8. The number of phenols is 2. The van der Waals surface area contributed by atoms with Crippen LogP contribution >= 0.6 is 0 Å². The summed E-state index contributed by atoms with van der Waals surface area (Å²) < 4.78 is 48.3. The van der Waals surface area contributed by atoms with Crippen molar-refractivity contribution in [1.29, 1.82) is 0 Å². The molecule has 0 aliphatic carbocycles. The second kappa shape index (κ2) is 23.6. The maximum absolute atomic E-state index is 15.3. The van der Waals surface area contributed by atoms with Crippen LogP contribution in [-0.4, -0.2) is 97.8 Å². The predicted octanol–water partition coefficient (Wildman–Crippen LogP) is 7.56. The van der Waals surface area contributed by atoms with Gasteiger partial charge in [0, 0.05) is 67.8 Å². The van der Waals surface area contributed by atoms with Crippen LogP contribution in [0.5, 0.6) is 17.2 Å². The number of hydrogen-bond donors (Lipinski definition) is 8. The summed E-state index contributed by atoms with van der Waals surface area (Å²) in [6, 6.07) is 13.5. The number of nitrogens with zero attached hydrogens (tertiary/aromatic N) is 3. The molecule has 3 amide bonds. The van der Waals surface area contributed by atoms with Gasteiger partial charge in [-0.3, -0.25) is 29.0 Å². The van der Waals surface area contributed by atoms with Crippen molar-refractivity contribution in [2.45, 2.75) is 117 Å². The van der Waals surface area contributed by atoms with E-state index in [-0.39, 0.29) is 110 Å². The van der Waals surface area contributed by atoms with Crippen molar-refractivity contribution in [3.05, 3.63) is 154 Å². The fourth-order valence-corrected chi connectivity index (χ4v) is 11.7. The second-order valence-corrected chi connectivity index (χ2v) is 22.6. The molecule has 5 aromatic carbocycles. The Labute approximate surface area is 483 Å². The highest BCUT2D eigenvalue weighted by atomic mass is 19.1. The Morgan fingerprint density at radius 3 is 2.30 bits per heavy atom. The zero-order chi connectivity index (χ0) is 60.7. The molecule has 5 unspecified atom stereocenters. The number of nitrogens with one attached hydrogen (secondary N) is 3. The number of ketones is 1. The van der Waals surface area contributed by atoms with Crippen molar-refractivity contribution >= 4 is 57.3 Å². The molecule has 1 saturated heterocycles. The highest BCUT2D eigenvalue weighted by Gasteiger charge is 2.51. The fourth-order valence-electron chi connectivity index (χ4n) is 11.7. The van der Waals surface area contributed by atoms with Gasteiger partial charge in [-0.2, -0.15) is 0 Å². The van der Waals surface area contributed by atoms with Gasteiger partial charge in [0.15, 0.2) is 11.8 Å². The van der Waals surface area contributed by atoms with Crippen molar-refractivity contribution in [2.24, 2.45) is 33.7 Å². The Morgan fingerprint density at radius 1 is 0.917 bits per heavy atom. The van der Waals surface area contributed by atoms with E-state index in [0.717, 1.165) is 24.3 Å². The number of aliphatic hydroxyl groups is 3. The Kier molecular flexibility index (Phi) is 16.9. The third-order valence-electron chi connectivity index (χ3n) is 16.3. The summed E-state index contributed by atoms with van der Waals surface area (Å²) >= 11 is 0. The second-order valence-electron chi connectivity index (χ2n) is 22.6. The SMILES string of the molecule is CC(=O)OC1C(C)C(O)[C@H](C)CC(C)/C=C/C=C(/C)C(=O)N=c2c(O)c3c(O)c(C)c4c(c3c3c2=NC2(CCN(c5ccc(F)cc5NC(=O)C(NC(=O)c5ccccc5F)C(O)(O)c5ccccc5)CC2)N3)C(=O)[C@](C)(O/C=C/C[C@H]1C)O4. The Morgan fingerprint density at radius 2 is 1.61 bits per heavy atom. The smallest absolute Gasteiger partial charge is 0.312 e. The number of aliphatic hydroxyl groups excluding tert-OH is 1. The monoisotopic (exact) mass is 1150 g/mol.